The molecule has 0 unspecified atom stereocenters. The molecule has 0 amide bonds. The van der Waals surface area contributed by atoms with E-state index in [-0.39, 0.29) is 0 Å². The van der Waals surface area contributed by atoms with Gasteiger partial charge in [-0.05, 0) is 30.6 Å². The number of hydrogen-bond acceptors (Lipinski definition) is 2. The maximum Gasteiger partial charge on any atom is 0.123 e. The van der Waals surface area contributed by atoms with Gasteiger partial charge in [-0.3, -0.25) is 0 Å². The quantitative estimate of drug-likeness (QED) is 0.775. The SMILES string of the molecule is CNCc1cc2ccccc2n1Cc1ccccc1OC. The molecular weight excluding hydrogens is 260 g/mol. The molecule has 0 aliphatic rings. The Hall–Kier alpha value is -2.26. The van der Waals surface area contributed by atoms with Crippen molar-refractivity contribution in [3.05, 3.63) is 65.9 Å². The number of hydrogen-bond donors (Lipinski definition) is 1. The molecule has 1 aromatic heterocycles. The minimum Gasteiger partial charge on any atom is -0.496 e. The smallest absolute Gasteiger partial charge is 0.123 e. The van der Waals surface area contributed by atoms with Crippen LogP contribution in [0.15, 0.2) is 54.6 Å². The van der Waals surface area contributed by atoms with Crippen LogP contribution in [0.5, 0.6) is 5.75 Å². The van der Waals surface area contributed by atoms with Gasteiger partial charge in [-0.1, -0.05) is 36.4 Å². The number of para-hydroxylation sites is 2. The molecule has 3 nitrogen and oxygen atoms in total. The molecule has 0 bridgehead atoms. The summed E-state index contributed by atoms with van der Waals surface area (Å²) in [5, 5.41) is 4.52. The lowest BCUT2D eigenvalue weighted by Crippen LogP contribution is -2.12. The van der Waals surface area contributed by atoms with Gasteiger partial charge >= 0.3 is 0 Å². The highest BCUT2D eigenvalue weighted by atomic mass is 16.5. The third-order valence-electron chi connectivity index (χ3n) is 3.78. The maximum absolute atomic E-state index is 5.48. The molecule has 2 aromatic carbocycles. The summed E-state index contributed by atoms with van der Waals surface area (Å²) < 4.78 is 7.83. The van der Waals surface area contributed by atoms with Gasteiger partial charge in [0.15, 0.2) is 0 Å². The molecule has 0 saturated carbocycles. The second-order valence-corrected chi connectivity index (χ2v) is 5.12. The van der Waals surface area contributed by atoms with Crippen LogP contribution in [0.3, 0.4) is 0 Å². The van der Waals surface area contributed by atoms with Crippen molar-refractivity contribution in [3.63, 3.8) is 0 Å². The molecule has 0 saturated heterocycles. The Morgan fingerprint density at radius 3 is 2.62 bits per heavy atom. The first-order valence-corrected chi connectivity index (χ1v) is 7.17. The van der Waals surface area contributed by atoms with E-state index in [1.165, 1.54) is 22.2 Å². The summed E-state index contributed by atoms with van der Waals surface area (Å²) in [6, 6.07) is 18.9. The first-order chi connectivity index (χ1) is 10.3. The van der Waals surface area contributed by atoms with Crippen molar-refractivity contribution < 1.29 is 4.74 Å². The Labute approximate surface area is 125 Å². The Morgan fingerprint density at radius 1 is 1.05 bits per heavy atom. The van der Waals surface area contributed by atoms with E-state index < -0.39 is 0 Å². The third kappa shape index (κ3) is 2.65. The van der Waals surface area contributed by atoms with E-state index in [1.807, 2.05) is 19.2 Å². The van der Waals surface area contributed by atoms with Crippen LogP contribution in [-0.4, -0.2) is 18.7 Å². The van der Waals surface area contributed by atoms with Gasteiger partial charge < -0.3 is 14.6 Å². The molecule has 0 spiro atoms. The Balaban J connectivity index is 2.08. The lowest BCUT2D eigenvalue weighted by molar-refractivity contribution is 0.408. The van der Waals surface area contributed by atoms with Gasteiger partial charge in [0.2, 0.25) is 0 Å². The first kappa shape index (κ1) is 13.7. The molecule has 3 rings (SSSR count). The molecule has 0 aliphatic carbocycles. The van der Waals surface area contributed by atoms with Crippen molar-refractivity contribution >= 4 is 10.9 Å². The minimum atomic E-state index is 0.814. The van der Waals surface area contributed by atoms with Crippen molar-refractivity contribution in [2.45, 2.75) is 13.1 Å². The summed E-state index contributed by atoms with van der Waals surface area (Å²) >= 11 is 0. The zero-order valence-electron chi connectivity index (χ0n) is 12.5. The van der Waals surface area contributed by atoms with Gasteiger partial charge in [-0.2, -0.15) is 0 Å². The predicted octanol–water partition coefficient (Wildman–Crippen LogP) is 3.42. The van der Waals surface area contributed by atoms with Crippen molar-refractivity contribution in [1.29, 1.82) is 0 Å². The van der Waals surface area contributed by atoms with Crippen LogP contribution in [0.1, 0.15) is 11.3 Å². The Bertz CT molecular complexity index is 746. The summed E-state index contributed by atoms with van der Waals surface area (Å²) in [7, 11) is 3.70. The van der Waals surface area contributed by atoms with E-state index in [1.54, 1.807) is 7.11 Å². The van der Waals surface area contributed by atoms with E-state index in [0.29, 0.717) is 0 Å². The van der Waals surface area contributed by atoms with E-state index in [4.69, 9.17) is 4.74 Å². The van der Waals surface area contributed by atoms with Crippen LogP contribution in [0.25, 0.3) is 10.9 Å². The summed E-state index contributed by atoms with van der Waals surface area (Å²) in [6.45, 7) is 1.67. The number of methoxy groups -OCH3 is 1. The second-order valence-electron chi connectivity index (χ2n) is 5.12. The molecule has 0 radical (unpaired) electrons. The molecule has 0 fully saturated rings. The third-order valence-corrected chi connectivity index (χ3v) is 3.78. The molecular formula is C18H20N2O. The molecule has 1 heterocycles. The minimum absolute atomic E-state index is 0.814. The monoisotopic (exact) mass is 280 g/mol. The highest BCUT2D eigenvalue weighted by Gasteiger charge is 2.10. The first-order valence-electron chi connectivity index (χ1n) is 7.17. The number of nitrogens with zero attached hydrogens (tertiary/aromatic N) is 1. The number of nitrogens with one attached hydrogen (secondary N) is 1. The summed E-state index contributed by atoms with van der Waals surface area (Å²) in [6.07, 6.45) is 0. The molecule has 1 N–H and O–H groups in total. The Morgan fingerprint density at radius 2 is 1.81 bits per heavy atom. The molecule has 0 atom stereocenters. The van der Waals surface area contributed by atoms with Crippen molar-refractivity contribution in [2.75, 3.05) is 14.2 Å². The van der Waals surface area contributed by atoms with Crippen LogP contribution in [0.2, 0.25) is 0 Å². The van der Waals surface area contributed by atoms with Crippen LogP contribution in [-0.2, 0) is 13.1 Å². The van der Waals surface area contributed by atoms with Gasteiger partial charge in [-0.15, -0.1) is 0 Å². The van der Waals surface area contributed by atoms with Gasteiger partial charge in [-0.25, -0.2) is 0 Å². The van der Waals surface area contributed by atoms with Crippen molar-refractivity contribution in [3.8, 4) is 5.75 Å². The van der Waals surface area contributed by atoms with E-state index in [9.17, 15) is 0 Å². The lowest BCUT2D eigenvalue weighted by atomic mass is 10.2. The van der Waals surface area contributed by atoms with Gasteiger partial charge in [0.25, 0.3) is 0 Å². The lowest BCUT2D eigenvalue weighted by Gasteiger charge is -2.13. The second kappa shape index (κ2) is 6.02. The molecule has 3 aromatic rings. The molecule has 21 heavy (non-hydrogen) atoms. The topological polar surface area (TPSA) is 26.2 Å². The Kier molecular flexibility index (Phi) is 3.93. The van der Waals surface area contributed by atoms with Crippen LogP contribution >= 0.6 is 0 Å². The number of ether oxygens (including phenoxy) is 1. The number of rotatable bonds is 5. The standard InChI is InChI=1S/C18H20N2O/c1-19-12-16-11-14-7-3-5-9-17(14)20(16)13-15-8-4-6-10-18(15)21-2/h3-11,19H,12-13H2,1-2H3. The van der Waals surface area contributed by atoms with Crippen LogP contribution in [0.4, 0.5) is 0 Å². The fourth-order valence-electron chi connectivity index (χ4n) is 2.79. The molecule has 0 aliphatic heterocycles. The van der Waals surface area contributed by atoms with E-state index >= 15 is 0 Å². The fraction of sp³-hybridized carbons (Fsp3) is 0.222. The zero-order valence-corrected chi connectivity index (χ0v) is 12.5. The number of aromatic nitrogens is 1. The highest BCUT2D eigenvalue weighted by Crippen LogP contribution is 2.24. The number of benzene rings is 2. The maximum atomic E-state index is 5.48. The summed E-state index contributed by atoms with van der Waals surface area (Å²) in [5.74, 6) is 0.936. The van der Waals surface area contributed by atoms with E-state index in [0.717, 1.165) is 18.8 Å². The van der Waals surface area contributed by atoms with Crippen LogP contribution in [0, 0.1) is 0 Å². The summed E-state index contributed by atoms with van der Waals surface area (Å²) in [4.78, 5) is 0. The largest absolute Gasteiger partial charge is 0.496 e. The molecule has 108 valence electrons. The normalized spacial score (nSPS) is 11.0. The van der Waals surface area contributed by atoms with E-state index in [2.05, 4.69) is 52.3 Å². The van der Waals surface area contributed by atoms with Gasteiger partial charge in [0.1, 0.15) is 5.75 Å². The van der Waals surface area contributed by atoms with Crippen LogP contribution < -0.4 is 10.1 Å². The van der Waals surface area contributed by atoms with Gasteiger partial charge in [0.05, 0.1) is 13.7 Å². The fourth-order valence-corrected chi connectivity index (χ4v) is 2.79. The average Bonchev–Trinajstić information content (AvgIpc) is 2.86. The number of fused-ring (bicyclic) bond motifs is 1. The van der Waals surface area contributed by atoms with Crippen molar-refractivity contribution in [1.82, 2.24) is 9.88 Å². The molecule has 3 heteroatoms. The average molecular weight is 280 g/mol. The van der Waals surface area contributed by atoms with Gasteiger partial charge in [0, 0.05) is 23.3 Å². The zero-order chi connectivity index (χ0) is 14.7. The predicted molar refractivity (Wildman–Crippen MR) is 86.8 cm³/mol. The highest BCUT2D eigenvalue weighted by molar-refractivity contribution is 5.81. The summed E-state index contributed by atoms with van der Waals surface area (Å²) in [5.41, 5.74) is 3.73. The van der Waals surface area contributed by atoms with Crippen molar-refractivity contribution in [2.24, 2.45) is 0 Å².